The summed E-state index contributed by atoms with van der Waals surface area (Å²) in [4.78, 5) is 12.5. The van der Waals surface area contributed by atoms with Gasteiger partial charge in [-0.2, -0.15) is 0 Å². The smallest absolute Gasteiger partial charge is 0.193 e. The lowest BCUT2D eigenvalue weighted by atomic mass is 9.99. The molecule has 0 saturated heterocycles. The summed E-state index contributed by atoms with van der Waals surface area (Å²) in [7, 11) is 0. The van der Waals surface area contributed by atoms with Crippen LogP contribution < -0.4 is 11.5 Å². The maximum atomic E-state index is 12.5. The largest absolute Gasteiger partial charge is 0.399 e. The number of carbonyl (C=O) groups excluding carboxylic acids is 1. The Morgan fingerprint density at radius 2 is 1.55 bits per heavy atom. The Bertz CT molecular complexity index is 788. The zero-order chi connectivity index (χ0) is 15.5. The Hall–Kier alpha value is -3.25. The van der Waals surface area contributed by atoms with Crippen LogP contribution in [0.3, 0.4) is 0 Å². The highest BCUT2D eigenvalue weighted by Crippen LogP contribution is 2.21. The van der Waals surface area contributed by atoms with E-state index in [0.717, 1.165) is 11.1 Å². The molecule has 0 aromatic heterocycles. The van der Waals surface area contributed by atoms with Crippen molar-refractivity contribution in [3.63, 3.8) is 0 Å². The van der Waals surface area contributed by atoms with Crippen LogP contribution in [-0.4, -0.2) is 5.78 Å². The van der Waals surface area contributed by atoms with Crippen LogP contribution in [0.2, 0.25) is 0 Å². The van der Waals surface area contributed by atoms with Gasteiger partial charge in [0, 0.05) is 28.1 Å². The van der Waals surface area contributed by atoms with Crippen molar-refractivity contribution in [3.05, 3.63) is 83.9 Å². The summed E-state index contributed by atoms with van der Waals surface area (Å²) in [6, 6.07) is 23.9. The molecule has 3 heteroatoms. The Kier molecular flexibility index (Phi) is 3.51. The Morgan fingerprint density at radius 1 is 0.864 bits per heavy atom. The van der Waals surface area contributed by atoms with E-state index < -0.39 is 0 Å². The molecular weight excluding hydrogens is 272 g/mol. The van der Waals surface area contributed by atoms with Crippen LogP contribution in [0.5, 0.6) is 0 Å². The molecule has 3 rings (SSSR count). The van der Waals surface area contributed by atoms with E-state index in [-0.39, 0.29) is 5.78 Å². The van der Waals surface area contributed by atoms with Crippen molar-refractivity contribution in [3.8, 4) is 11.1 Å². The lowest BCUT2D eigenvalue weighted by Gasteiger charge is -2.05. The maximum absolute atomic E-state index is 12.5. The lowest BCUT2D eigenvalue weighted by Crippen LogP contribution is -2.03. The summed E-state index contributed by atoms with van der Waals surface area (Å²) in [5.41, 5.74) is 15.4. The molecule has 3 nitrogen and oxygen atoms in total. The van der Waals surface area contributed by atoms with E-state index in [0.29, 0.717) is 22.5 Å². The van der Waals surface area contributed by atoms with Crippen LogP contribution >= 0.6 is 0 Å². The monoisotopic (exact) mass is 286 g/mol. The fraction of sp³-hybridized carbons (Fsp3) is 0. The average Bonchev–Trinajstić information content (AvgIpc) is 2.54. The predicted octanol–water partition coefficient (Wildman–Crippen LogP) is 3.35. The third-order valence-corrected chi connectivity index (χ3v) is 3.35. The Labute approximate surface area is 129 Å². The molecule has 106 valence electrons. The fourth-order valence-electron chi connectivity index (χ4n) is 2.30. The molecule has 0 aliphatic carbocycles. The van der Waals surface area contributed by atoms with Gasteiger partial charge in [-0.15, -0.1) is 0 Å². The number of ketones is 1. The summed E-state index contributed by atoms with van der Waals surface area (Å²) in [6.07, 6.45) is 0. The molecule has 0 amide bonds. The number of carbonyl (C=O) groups is 1. The topological polar surface area (TPSA) is 69.1 Å². The Balaban J connectivity index is 1.91. The molecule has 4 N–H and O–H groups in total. The van der Waals surface area contributed by atoms with E-state index in [1.54, 1.807) is 36.4 Å². The van der Waals surface area contributed by atoms with Crippen molar-refractivity contribution >= 4 is 17.2 Å². The van der Waals surface area contributed by atoms with E-state index in [2.05, 4.69) is 12.1 Å². The summed E-state index contributed by atoms with van der Waals surface area (Å²) in [5.74, 6) is -0.103. The second-order valence-electron chi connectivity index (χ2n) is 5.00. The zero-order valence-corrected chi connectivity index (χ0v) is 11.8. The number of nitrogens with two attached hydrogens (primary N) is 2. The number of benzene rings is 2. The van der Waals surface area contributed by atoms with Gasteiger partial charge < -0.3 is 11.5 Å². The molecule has 0 aliphatic heterocycles. The van der Waals surface area contributed by atoms with E-state index in [4.69, 9.17) is 11.5 Å². The quantitative estimate of drug-likeness (QED) is 0.573. The minimum atomic E-state index is -0.103. The first-order valence-corrected chi connectivity index (χ1v) is 6.83. The minimum absolute atomic E-state index is 0.103. The molecule has 0 unspecified atom stereocenters. The second kappa shape index (κ2) is 5.63. The maximum Gasteiger partial charge on any atom is 0.193 e. The van der Waals surface area contributed by atoms with E-state index in [1.807, 2.05) is 24.3 Å². The predicted molar refractivity (Wildman–Crippen MR) is 88.2 cm³/mol. The molecule has 0 bridgehead atoms. The van der Waals surface area contributed by atoms with Crippen molar-refractivity contribution in [2.24, 2.45) is 0 Å². The van der Waals surface area contributed by atoms with Crippen LogP contribution in [0.4, 0.5) is 11.4 Å². The molecule has 0 aliphatic rings. The molecular formula is C19H14N2O. The van der Waals surface area contributed by atoms with Crippen molar-refractivity contribution in [1.29, 1.82) is 0 Å². The first kappa shape index (κ1) is 13.7. The molecule has 0 spiro atoms. The molecule has 22 heavy (non-hydrogen) atoms. The van der Waals surface area contributed by atoms with Crippen LogP contribution in [0.25, 0.3) is 11.1 Å². The first-order valence-electron chi connectivity index (χ1n) is 6.83. The van der Waals surface area contributed by atoms with Crippen molar-refractivity contribution in [1.82, 2.24) is 0 Å². The molecule has 0 atom stereocenters. The molecule has 3 aromatic carbocycles. The van der Waals surface area contributed by atoms with E-state index in [9.17, 15) is 4.79 Å². The highest BCUT2D eigenvalue weighted by molar-refractivity contribution is 6.10. The van der Waals surface area contributed by atoms with Gasteiger partial charge in [0.15, 0.2) is 5.78 Å². The SMILES string of the molecule is Nc1cc(N)cc(C(=O)c2ccc(-c3c#cccc3)cc2)c1. The zero-order valence-electron chi connectivity index (χ0n) is 11.8. The summed E-state index contributed by atoms with van der Waals surface area (Å²) in [6.45, 7) is 0. The van der Waals surface area contributed by atoms with Crippen molar-refractivity contribution < 1.29 is 4.79 Å². The number of nitrogen functional groups attached to an aromatic ring is 2. The number of rotatable bonds is 3. The standard InChI is InChI=1S/C19H14N2O/c20-17-10-16(11-18(21)12-17)19(22)15-8-6-14(7-9-15)13-4-2-1-3-5-13/h1-2,4,6-12H,20-21H2. The number of hydrogen-bond acceptors (Lipinski definition) is 3. The minimum Gasteiger partial charge on any atom is -0.399 e. The van der Waals surface area contributed by atoms with Gasteiger partial charge in [-0.3, -0.25) is 4.79 Å². The normalized spacial score (nSPS) is 10.0. The summed E-state index contributed by atoms with van der Waals surface area (Å²) < 4.78 is 0. The Morgan fingerprint density at radius 3 is 2.14 bits per heavy atom. The van der Waals surface area contributed by atoms with Gasteiger partial charge >= 0.3 is 0 Å². The van der Waals surface area contributed by atoms with Crippen molar-refractivity contribution in [2.75, 3.05) is 11.5 Å². The van der Waals surface area contributed by atoms with Gasteiger partial charge in [0.1, 0.15) is 0 Å². The van der Waals surface area contributed by atoms with Crippen LogP contribution in [-0.2, 0) is 0 Å². The van der Waals surface area contributed by atoms with E-state index >= 15 is 0 Å². The summed E-state index contributed by atoms with van der Waals surface area (Å²) >= 11 is 0. The van der Waals surface area contributed by atoms with Crippen LogP contribution in [0, 0.1) is 12.1 Å². The van der Waals surface area contributed by atoms with Crippen LogP contribution in [0.1, 0.15) is 15.9 Å². The molecule has 3 aromatic rings. The molecule has 0 radical (unpaired) electrons. The van der Waals surface area contributed by atoms with E-state index in [1.165, 1.54) is 0 Å². The number of anilines is 2. The van der Waals surface area contributed by atoms with Crippen LogP contribution in [0.15, 0.2) is 60.7 Å². The first-order chi connectivity index (χ1) is 10.6. The van der Waals surface area contributed by atoms with Gasteiger partial charge in [0.25, 0.3) is 0 Å². The highest BCUT2D eigenvalue weighted by Gasteiger charge is 2.10. The molecule has 0 saturated carbocycles. The molecule has 0 heterocycles. The van der Waals surface area contributed by atoms with Gasteiger partial charge in [0.05, 0.1) is 0 Å². The fourth-order valence-corrected chi connectivity index (χ4v) is 2.30. The van der Waals surface area contributed by atoms with Gasteiger partial charge in [-0.05, 0) is 35.9 Å². The average molecular weight is 286 g/mol. The second-order valence-corrected chi connectivity index (χ2v) is 5.00. The summed E-state index contributed by atoms with van der Waals surface area (Å²) in [5, 5.41) is 0. The number of hydrogen-bond donors (Lipinski definition) is 2. The van der Waals surface area contributed by atoms with Gasteiger partial charge in [-0.1, -0.05) is 42.5 Å². The highest BCUT2D eigenvalue weighted by atomic mass is 16.1. The molecule has 0 fully saturated rings. The third-order valence-electron chi connectivity index (χ3n) is 3.35. The van der Waals surface area contributed by atoms with Crippen molar-refractivity contribution in [2.45, 2.75) is 0 Å². The van der Waals surface area contributed by atoms with Gasteiger partial charge in [-0.25, -0.2) is 0 Å². The van der Waals surface area contributed by atoms with Gasteiger partial charge in [0.2, 0.25) is 0 Å². The third kappa shape index (κ3) is 2.77. The lowest BCUT2D eigenvalue weighted by molar-refractivity contribution is 0.103.